The summed E-state index contributed by atoms with van der Waals surface area (Å²) >= 11 is 0. The summed E-state index contributed by atoms with van der Waals surface area (Å²) in [4.78, 5) is 24.7. The van der Waals surface area contributed by atoms with Crippen LogP contribution in [0.25, 0.3) is 0 Å². The molecule has 2 atom stereocenters. The van der Waals surface area contributed by atoms with E-state index in [2.05, 4.69) is 13.8 Å². The van der Waals surface area contributed by atoms with Crippen molar-refractivity contribution >= 4 is 13.8 Å². The number of nitrogens with zero attached hydrogens (tertiary/aromatic N) is 1. The molecule has 0 spiro atoms. The third-order valence-electron chi connectivity index (χ3n) is 9.16. The van der Waals surface area contributed by atoms with Gasteiger partial charge in [0, 0.05) is 13.0 Å². The van der Waals surface area contributed by atoms with Crippen molar-refractivity contribution in [3.8, 4) is 0 Å². The van der Waals surface area contributed by atoms with Crippen LogP contribution in [0.3, 0.4) is 0 Å². The molecule has 0 saturated carbocycles. The lowest BCUT2D eigenvalue weighted by atomic mass is 10.0. The third kappa shape index (κ3) is 38.6. The van der Waals surface area contributed by atoms with Crippen LogP contribution in [0, 0.1) is 0 Å². The van der Waals surface area contributed by atoms with Gasteiger partial charge < -0.3 is 27.9 Å². The van der Waals surface area contributed by atoms with Crippen molar-refractivity contribution in [3.05, 3.63) is 0 Å². The summed E-state index contributed by atoms with van der Waals surface area (Å²) in [5, 5.41) is 0. The number of quaternary nitrogens is 1. The summed E-state index contributed by atoms with van der Waals surface area (Å²) in [6.45, 7) is 5.39. The van der Waals surface area contributed by atoms with Crippen LogP contribution in [0.1, 0.15) is 194 Å². The molecule has 0 rings (SSSR count). The summed E-state index contributed by atoms with van der Waals surface area (Å²) in [5.41, 5.74) is 0. The number of ether oxygens (including phenoxy) is 2. The molecule has 0 aromatic heterocycles. The van der Waals surface area contributed by atoms with E-state index < -0.39 is 13.9 Å². The smallest absolute Gasteiger partial charge is 0.306 e. The fourth-order valence-electron chi connectivity index (χ4n) is 5.90. The van der Waals surface area contributed by atoms with Gasteiger partial charge in [0.25, 0.3) is 7.82 Å². The van der Waals surface area contributed by atoms with Gasteiger partial charge in [0.05, 0.1) is 34.4 Å². The summed E-state index contributed by atoms with van der Waals surface area (Å²) in [5.74, 6) is -0.339. The predicted molar refractivity (Wildman–Crippen MR) is 204 cm³/mol. The molecule has 0 radical (unpaired) electrons. The molecular weight excluding hydrogens is 637 g/mol. The Morgan fingerprint density at radius 1 is 0.551 bits per heavy atom. The van der Waals surface area contributed by atoms with Gasteiger partial charge in [-0.25, -0.2) is 0 Å². The molecule has 0 saturated heterocycles. The van der Waals surface area contributed by atoms with E-state index in [1.54, 1.807) is 0 Å². The molecule has 0 bridgehead atoms. The number of hydrogen-bond acceptors (Lipinski definition) is 7. The Morgan fingerprint density at radius 2 is 0.939 bits per heavy atom. The van der Waals surface area contributed by atoms with E-state index in [-0.39, 0.29) is 25.8 Å². The van der Waals surface area contributed by atoms with Crippen LogP contribution >= 0.6 is 7.82 Å². The van der Waals surface area contributed by atoms with Gasteiger partial charge in [-0.3, -0.25) is 9.36 Å². The molecule has 8 nitrogen and oxygen atoms in total. The van der Waals surface area contributed by atoms with Crippen molar-refractivity contribution in [2.45, 2.75) is 200 Å². The predicted octanol–water partition coefficient (Wildman–Crippen LogP) is 11.1. The highest BCUT2D eigenvalue weighted by Crippen LogP contribution is 2.38. The second-order valence-corrected chi connectivity index (χ2v) is 16.8. The fraction of sp³-hybridized carbons (Fsp3) is 0.975. The van der Waals surface area contributed by atoms with Gasteiger partial charge in [0.15, 0.2) is 0 Å². The number of carbonyl (C=O) groups excluding carboxylic acids is 1. The minimum atomic E-state index is -4.50. The minimum Gasteiger partial charge on any atom is -0.756 e. The average Bonchev–Trinajstić information content (AvgIpc) is 3.04. The molecule has 0 aromatic carbocycles. The van der Waals surface area contributed by atoms with E-state index >= 15 is 0 Å². The second-order valence-electron chi connectivity index (χ2n) is 15.4. The Morgan fingerprint density at radius 3 is 1.35 bits per heavy atom. The minimum absolute atomic E-state index is 0.0305. The molecule has 0 fully saturated rings. The van der Waals surface area contributed by atoms with Gasteiger partial charge in [-0.2, -0.15) is 0 Å². The quantitative estimate of drug-likeness (QED) is 0.0270. The molecule has 0 amide bonds. The molecule has 0 heterocycles. The molecule has 0 aliphatic carbocycles. The molecule has 0 aliphatic heterocycles. The zero-order valence-electron chi connectivity index (χ0n) is 33.2. The number of phosphoric acid groups is 1. The number of rotatable bonds is 39. The SMILES string of the molecule is CCCCCCCCCCCCCCCCCCCCCCCOCC(COP(=O)([O-])OCC[N+](C)(C)C)OC(=O)CCCCCCCC. The maximum absolute atomic E-state index is 12.5. The third-order valence-corrected chi connectivity index (χ3v) is 10.1. The van der Waals surface area contributed by atoms with Crippen LogP contribution in [0.4, 0.5) is 0 Å². The average molecular weight is 720 g/mol. The fourth-order valence-corrected chi connectivity index (χ4v) is 6.63. The van der Waals surface area contributed by atoms with E-state index in [4.69, 9.17) is 18.5 Å². The van der Waals surface area contributed by atoms with Gasteiger partial charge in [-0.15, -0.1) is 0 Å². The first kappa shape index (κ1) is 48.5. The number of hydrogen-bond donors (Lipinski definition) is 0. The van der Waals surface area contributed by atoms with Crippen LogP contribution < -0.4 is 4.89 Å². The summed E-state index contributed by atoms with van der Waals surface area (Å²) in [6.07, 6.45) is 34.3. The lowest BCUT2D eigenvalue weighted by Gasteiger charge is -2.28. The number of phosphoric ester groups is 1. The van der Waals surface area contributed by atoms with E-state index in [0.717, 1.165) is 32.1 Å². The summed E-state index contributed by atoms with van der Waals surface area (Å²) in [7, 11) is 1.37. The van der Waals surface area contributed by atoms with Crippen molar-refractivity contribution in [3.63, 3.8) is 0 Å². The first-order valence-corrected chi connectivity index (χ1v) is 22.2. The van der Waals surface area contributed by atoms with Crippen molar-refractivity contribution in [2.24, 2.45) is 0 Å². The molecule has 9 heteroatoms. The molecule has 49 heavy (non-hydrogen) atoms. The molecule has 294 valence electrons. The highest BCUT2D eigenvalue weighted by molar-refractivity contribution is 7.45. The van der Waals surface area contributed by atoms with Gasteiger partial charge >= 0.3 is 5.97 Å². The van der Waals surface area contributed by atoms with Crippen LogP contribution in [0.5, 0.6) is 0 Å². The Labute approximate surface area is 304 Å². The van der Waals surface area contributed by atoms with Gasteiger partial charge in [-0.1, -0.05) is 174 Å². The van der Waals surface area contributed by atoms with Crippen LogP contribution in [0.15, 0.2) is 0 Å². The van der Waals surface area contributed by atoms with Crippen LogP contribution in [-0.4, -0.2) is 70.7 Å². The van der Waals surface area contributed by atoms with Crippen LogP contribution in [-0.2, 0) is 27.9 Å². The first-order valence-electron chi connectivity index (χ1n) is 20.8. The van der Waals surface area contributed by atoms with Crippen molar-refractivity contribution in [1.29, 1.82) is 0 Å². The largest absolute Gasteiger partial charge is 0.756 e. The molecule has 2 unspecified atom stereocenters. The van der Waals surface area contributed by atoms with Gasteiger partial charge in [0.2, 0.25) is 0 Å². The summed E-state index contributed by atoms with van der Waals surface area (Å²) in [6, 6.07) is 0. The van der Waals surface area contributed by atoms with E-state index in [0.29, 0.717) is 24.1 Å². The lowest BCUT2D eigenvalue weighted by molar-refractivity contribution is -0.870. The highest BCUT2D eigenvalue weighted by Gasteiger charge is 2.20. The van der Waals surface area contributed by atoms with Crippen molar-refractivity contribution in [1.82, 2.24) is 0 Å². The van der Waals surface area contributed by atoms with E-state index in [1.807, 2.05) is 21.1 Å². The Hall–Kier alpha value is -0.500. The van der Waals surface area contributed by atoms with E-state index in [1.165, 1.54) is 141 Å². The first-order chi connectivity index (χ1) is 23.6. The van der Waals surface area contributed by atoms with Crippen molar-refractivity contribution in [2.75, 3.05) is 54.1 Å². The number of likely N-dealkylation sites (N-methyl/N-ethyl adjacent to an activating group) is 1. The van der Waals surface area contributed by atoms with E-state index in [9.17, 15) is 14.3 Å². The van der Waals surface area contributed by atoms with Crippen LogP contribution in [0.2, 0.25) is 0 Å². The highest BCUT2D eigenvalue weighted by atomic mass is 31.2. The van der Waals surface area contributed by atoms with Gasteiger partial charge in [-0.05, 0) is 12.8 Å². The lowest BCUT2D eigenvalue weighted by Crippen LogP contribution is -2.37. The molecular formula is C40H82NO7P. The van der Waals surface area contributed by atoms with Crippen molar-refractivity contribution < 1.29 is 37.3 Å². The molecule has 0 aromatic rings. The maximum atomic E-state index is 12.5. The number of carbonyl (C=O) groups is 1. The zero-order valence-corrected chi connectivity index (χ0v) is 34.1. The Kier molecular flexibility index (Phi) is 34.2. The maximum Gasteiger partial charge on any atom is 0.306 e. The normalized spacial score (nSPS) is 13.8. The second kappa shape index (κ2) is 34.6. The number of esters is 1. The standard InChI is InChI=1S/C40H82NO7P/c1-6-8-10-12-14-15-16-17-18-19-20-21-22-23-24-25-26-27-28-30-32-35-45-37-39(48-40(42)33-31-29-13-11-9-7-2)38-47-49(43,44)46-36-34-41(3,4)5/h39H,6-38H2,1-5H3. The molecule has 0 N–H and O–H groups in total. The number of unbranched alkanes of at least 4 members (excludes halogenated alkanes) is 25. The monoisotopic (exact) mass is 720 g/mol. The summed E-state index contributed by atoms with van der Waals surface area (Å²) < 4.78 is 34.3. The van der Waals surface area contributed by atoms with Gasteiger partial charge in [0.1, 0.15) is 19.3 Å². The Balaban J connectivity index is 3.97. The molecule has 0 aliphatic rings. The topological polar surface area (TPSA) is 94.1 Å². The zero-order chi connectivity index (χ0) is 36.3. The Bertz CT molecular complexity index is 761.